The molecule has 3 rings (SSSR count). The number of furan rings is 1. The molecule has 0 spiro atoms. The number of carbonyl (C=O) groups excluding carboxylic acids is 1. The molecule has 124 valence electrons. The predicted octanol–water partition coefficient (Wildman–Crippen LogP) is 3.39. The van der Waals surface area contributed by atoms with Crippen LogP contribution in [-0.4, -0.2) is 26.2 Å². The number of carbonyl (C=O) groups is 1. The Kier molecular flexibility index (Phi) is 4.65. The van der Waals surface area contributed by atoms with Gasteiger partial charge in [-0.1, -0.05) is 12.1 Å². The van der Waals surface area contributed by atoms with E-state index in [0.29, 0.717) is 23.6 Å². The van der Waals surface area contributed by atoms with Gasteiger partial charge in [-0.15, -0.1) is 0 Å². The average molecular weight is 329 g/mol. The Morgan fingerprint density at radius 1 is 1.21 bits per heavy atom. The van der Waals surface area contributed by atoms with Crippen molar-refractivity contribution < 1.29 is 23.1 Å². The second kappa shape index (κ2) is 7.04. The molecular formula is C18H16FNO4. The average Bonchev–Trinajstić information content (AvgIpc) is 3.04. The summed E-state index contributed by atoms with van der Waals surface area (Å²) < 4.78 is 29.0. The molecule has 0 radical (unpaired) electrons. The molecule has 1 amide bonds. The fourth-order valence-corrected chi connectivity index (χ4v) is 2.26. The lowest BCUT2D eigenvalue weighted by Gasteiger charge is -2.06. The van der Waals surface area contributed by atoms with E-state index < -0.39 is 0 Å². The van der Waals surface area contributed by atoms with Crippen molar-refractivity contribution in [3.05, 3.63) is 60.1 Å². The number of fused-ring (bicyclic) bond motifs is 1. The highest BCUT2D eigenvalue weighted by Crippen LogP contribution is 2.28. The normalized spacial score (nSPS) is 10.6. The molecule has 0 atom stereocenters. The molecule has 3 aromatic rings. The Balaban J connectivity index is 1.56. The fraction of sp³-hybridized carbons (Fsp3) is 0.167. The lowest BCUT2D eigenvalue weighted by Crippen LogP contribution is -2.27. The molecule has 5 nitrogen and oxygen atoms in total. The molecule has 24 heavy (non-hydrogen) atoms. The van der Waals surface area contributed by atoms with E-state index in [1.807, 2.05) is 12.1 Å². The molecule has 0 bridgehead atoms. The Hall–Kier alpha value is -3.02. The minimum Gasteiger partial charge on any atom is -0.493 e. The lowest BCUT2D eigenvalue weighted by molar-refractivity contribution is 0.0921. The third kappa shape index (κ3) is 3.48. The third-order valence-electron chi connectivity index (χ3n) is 3.42. The van der Waals surface area contributed by atoms with Crippen LogP contribution in [0.25, 0.3) is 11.0 Å². The van der Waals surface area contributed by atoms with Gasteiger partial charge in [-0.3, -0.25) is 4.79 Å². The third-order valence-corrected chi connectivity index (χ3v) is 3.42. The largest absolute Gasteiger partial charge is 0.493 e. The van der Waals surface area contributed by atoms with Gasteiger partial charge in [-0.05, 0) is 36.4 Å². The first kappa shape index (κ1) is 15.9. The van der Waals surface area contributed by atoms with Gasteiger partial charge < -0.3 is 19.2 Å². The zero-order valence-corrected chi connectivity index (χ0v) is 13.0. The van der Waals surface area contributed by atoms with E-state index in [2.05, 4.69) is 5.32 Å². The monoisotopic (exact) mass is 329 g/mol. The number of rotatable bonds is 6. The molecule has 0 aliphatic rings. The minimum absolute atomic E-state index is 0.205. The summed E-state index contributed by atoms with van der Waals surface area (Å²) in [5, 5.41) is 3.50. The Morgan fingerprint density at radius 3 is 2.75 bits per heavy atom. The van der Waals surface area contributed by atoms with Crippen molar-refractivity contribution in [3.63, 3.8) is 0 Å². The molecule has 0 saturated carbocycles. The summed E-state index contributed by atoms with van der Waals surface area (Å²) in [6.07, 6.45) is 0. The summed E-state index contributed by atoms with van der Waals surface area (Å²) in [4.78, 5) is 12.1. The molecule has 1 heterocycles. The summed E-state index contributed by atoms with van der Waals surface area (Å²) >= 11 is 0. The molecule has 0 fully saturated rings. The first-order valence-corrected chi connectivity index (χ1v) is 7.40. The number of methoxy groups -OCH3 is 1. The molecule has 1 N–H and O–H groups in total. The van der Waals surface area contributed by atoms with Gasteiger partial charge in [0.1, 0.15) is 18.2 Å². The highest BCUT2D eigenvalue weighted by Gasteiger charge is 2.14. The van der Waals surface area contributed by atoms with Crippen LogP contribution in [0.4, 0.5) is 4.39 Å². The van der Waals surface area contributed by atoms with Crippen LogP contribution in [0.5, 0.6) is 11.5 Å². The quantitative estimate of drug-likeness (QED) is 0.704. The van der Waals surface area contributed by atoms with Crippen LogP contribution < -0.4 is 14.8 Å². The number of nitrogens with one attached hydrogen (secondary N) is 1. The van der Waals surface area contributed by atoms with Crippen molar-refractivity contribution in [2.75, 3.05) is 20.3 Å². The lowest BCUT2D eigenvalue weighted by atomic mass is 10.2. The summed E-state index contributed by atoms with van der Waals surface area (Å²) in [5.41, 5.74) is 0.535. The summed E-state index contributed by atoms with van der Waals surface area (Å²) in [6.45, 7) is 0.561. The highest BCUT2D eigenvalue weighted by molar-refractivity contribution is 5.97. The first-order valence-electron chi connectivity index (χ1n) is 7.40. The van der Waals surface area contributed by atoms with E-state index >= 15 is 0 Å². The minimum atomic E-state index is -0.337. The van der Waals surface area contributed by atoms with Crippen LogP contribution in [-0.2, 0) is 0 Å². The maximum Gasteiger partial charge on any atom is 0.287 e. The van der Waals surface area contributed by atoms with Gasteiger partial charge in [0.25, 0.3) is 5.91 Å². The van der Waals surface area contributed by atoms with Gasteiger partial charge in [0.15, 0.2) is 17.1 Å². The van der Waals surface area contributed by atoms with Gasteiger partial charge in [0.05, 0.1) is 13.7 Å². The van der Waals surface area contributed by atoms with Crippen LogP contribution in [0.15, 0.2) is 52.9 Å². The molecule has 2 aromatic carbocycles. The van der Waals surface area contributed by atoms with Gasteiger partial charge in [0.2, 0.25) is 0 Å². The molecule has 6 heteroatoms. The number of ether oxygens (including phenoxy) is 2. The zero-order valence-electron chi connectivity index (χ0n) is 13.0. The zero-order chi connectivity index (χ0) is 16.9. The van der Waals surface area contributed by atoms with Gasteiger partial charge in [-0.2, -0.15) is 0 Å². The van der Waals surface area contributed by atoms with Crippen LogP contribution >= 0.6 is 0 Å². The predicted molar refractivity (Wildman–Crippen MR) is 87.0 cm³/mol. The Morgan fingerprint density at radius 2 is 2.00 bits per heavy atom. The van der Waals surface area contributed by atoms with Crippen molar-refractivity contribution in [1.29, 1.82) is 0 Å². The SMILES string of the molecule is COc1cccc2cc(C(=O)NCCOc3ccc(F)cc3)oc12. The molecule has 0 aliphatic carbocycles. The van der Waals surface area contributed by atoms with Crippen molar-refractivity contribution in [2.45, 2.75) is 0 Å². The van der Waals surface area contributed by atoms with E-state index in [-0.39, 0.29) is 24.1 Å². The van der Waals surface area contributed by atoms with Crippen LogP contribution in [0.1, 0.15) is 10.6 Å². The van der Waals surface area contributed by atoms with Crippen molar-refractivity contribution >= 4 is 16.9 Å². The molecule has 0 unspecified atom stereocenters. The van der Waals surface area contributed by atoms with Crippen LogP contribution in [0, 0.1) is 5.82 Å². The number of halogens is 1. The maximum absolute atomic E-state index is 12.8. The van der Waals surface area contributed by atoms with Gasteiger partial charge in [-0.25, -0.2) is 4.39 Å². The number of hydrogen-bond donors (Lipinski definition) is 1. The summed E-state index contributed by atoms with van der Waals surface area (Å²) in [7, 11) is 1.55. The second-order valence-corrected chi connectivity index (χ2v) is 5.05. The van der Waals surface area contributed by atoms with Gasteiger partial charge >= 0.3 is 0 Å². The molecule has 0 saturated heterocycles. The first-order chi connectivity index (χ1) is 11.7. The topological polar surface area (TPSA) is 60.7 Å². The molecule has 1 aromatic heterocycles. The maximum atomic E-state index is 12.8. The van der Waals surface area contributed by atoms with Crippen molar-refractivity contribution in [3.8, 4) is 11.5 Å². The van der Waals surface area contributed by atoms with E-state index in [1.54, 1.807) is 19.2 Å². The smallest absolute Gasteiger partial charge is 0.287 e. The standard InChI is InChI=1S/C18H16FNO4/c1-22-15-4-2-3-12-11-16(24-17(12)15)18(21)20-9-10-23-14-7-5-13(19)6-8-14/h2-8,11H,9-10H2,1H3,(H,20,21). The number of hydrogen-bond acceptors (Lipinski definition) is 4. The van der Waals surface area contributed by atoms with Crippen molar-refractivity contribution in [2.24, 2.45) is 0 Å². The molecular weight excluding hydrogens is 313 g/mol. The fourth-order valence-electron chi connectivity index (χ4n) is 2.26. The number of amides is 1. The second-order valence-electron chi connectivity index (χ2n) is 5.05. The van der Waals surface area contributed by atoms with E-state index in [9.17, 15) is 9.18 Å². The Labute approximate surface area is 138 Å². The van der Waals surface area contributed by atoms with Crippen LogP contribution in [0.2, 0.25) is 0 Å². The summed E-state index contributed by atoms with van der Waals surface area (Å²) in [5.74, 6) is 0.661. The summed E-state index contributed by atoms with van der Waals surface area (Å²) in [6, 6.07) is 12.8. The van der Waals surface area contributed by atoms with E-state index in [0.717, 1.165) is 5.39 Å². The van der Waals surface area contributed by atoms with Crippen molar-refractivity contribution in [1.82, 2.24) is 5.32 Å². The molecule has 0 aliphatic heterocycles. The van der Waals surface area contributed by atoms with Gasteiger partial charge in [0, 0.05) is 5.39 Å². The van der Waals surface area contributed by atoms with Crippen LogP contribution in [0.3, 0.4) is 0 Å². The van der Waals surface area contributed by atoms with E-state index in [1.165, 1.54) is 24.3 Å². The number of para-hydroxylation sites is 1. The van der Waals surface area contributed by atoms with E-state index in [4.69, 9.17) is 13.9 Å². The highest BCUT2D eigenvalue weighted by atomic mass is 19.1. The number of benzene rings is 2. The Bertz CT molecular complexity index is 842.